The second-order valence-corrected chi connectivity index (χ2v) is 2.72. The molecule has 0 saturated carbocycles. The molecule has 1 atom stereocenters. The van der Waals surface area contributed by atoms with Crippen molar-refractivity contribution < 1.29 is 14.3 Å². The lowest BCUT2D eigenvalue weighted by Crippen LogP contribution is -2.08. The van der Waals surface area contributed by atoms with Crippen LogP contribution in [0.4, 0.5) is 4.39 Å². The van der Waals surface area contributed by atoms with Crippen LogP contribution in [0, 0.1) is 0 Å². The molecule has 1 heterocycles. The van der Waals surface area contributed by atoms with Crippen LogP contribution in [-0.4, -0.2) is 22.0 Å². The lowest BCUT2D eigenvalue weighted by Gasteiger charge is -1.96. The highest BCUT2D eigenvalue weighted by Crippen LogP contribution is 2.29. The van der Waals surface area contributed by atoms with Gasteiger partial charge in [-0.25, -0.2) is 4.39 Å². The Morgan fingerprint density at radius 1 is 1.58 bits per heavy atom. The molecule has 0 bridgehead atoms. The Morgan fingerprint density at radius 2 is 2.33 bits per heavy atom. The van der Waals surface area contributed by atoms with Gasteiger partial charge < -0.3 is 5.11 Å². The largest absolute Gasteiger partial charge is 0.506 e. The van der Waals surface area contributed by atoms with Crippen LogP contribution in [0.3, 0.4) is 0 Å². The third-order valence-corrected chi connectivity index (χ3v) is 1.97. The monoisotopic (exact) mass is 167 g/mol. The molecular formula is C8H6FNO2. The smallest absolute Gasteiger partial charge is 0.199 e. The highest BCUT2D eigenvalue weighted by atomic mass is 19.1. The Hall–Kier alpha value is -1.45. The highest BCUT2D eigenvalue weighted by molar-refractivity contribution is 6.04. The number of carbonyl (C=O) groups is 1. The zero-order valence-electron chi connectivity index (χ0n) is 6.12. The Kier molecular flexibility index (Phi) is 1.36. The van der Waals surface area contributed by atoms with E-state index in [0.717, 1.165) is 0 Å². The van der Waals surface area contributed by atoms with Crippen LogP contribution in [0.1, 0.15) is 15.9 Å². The Labute approximate surface area is 67.9 Å². The fourth-order valence-electron chi connectivity index (χ4n) is 1.34. The van der Waals surface area contributed by atoms with E-state index in [4.69, 9.17) is 0 Å². The second kappa shape index (κ2) is 2.27. The topological polar surface area (TPSA) is 50.2 Å². The summed E-state index contributed by atoms with van der Waals surface area (Å²) in [4.78, 5) is 14.6. The lowest BCUT2D eigenvalue weighted by atomic mass is 10.2. The molecule has 1 aromatic rings. The van der Waals surface area contributed by atoms with Crippen LogP contribution in [0.2, 0.25) is 0 Å². The van der Waals surface area contributed by atoms with E-state index < -0.39 is 12.0 Å². The van der Waals surface area contributed by atoms with Gasteiger partial charge in [-0.05, 0) is 0 Å². The Bertz CT molecular complexity index is 351. The van der Waals surface area contributed by atoms with Gasteiger partial charge in [-0.3, -0.25) is 9.78 Å². The predicted octanol–water partition coefficient (Wildman–Crippen LogP) is 0.864. The fourth-order valence-corrected chi connectivity index (χ4v) is 1.34. The molecule has 2 rings (SSSR count). The maximum absolute atomic E-state index is 12.8. The van der Waals surface area contributed by atoms with Crippen molar-refractivity contribution in [2.75, 3.05) is 0 Å². The predicted molar refractivity (Wildman–Crippen MR) is 38.8 cm³/mol. The van der Waals surface area contributed by atoms with Gasteiger partial charge in [0.1, 0.15) is 5.75 Å². The first-order chi connectivity index (χ1) is 5.70. The van der Waals surface area contributed by atoms with Crippen LogP contribution >= 0.6 is 0 Å². The molecule has 1 N–H and O–H groups in total. The number of pyridine rings is 1. The van der Waals surface area contributed by atoms with Gasteiger partial charge in [0, 0.05) is 23.7 Å². The lowest BCUT2D eigenvalue weighted by molar-refractivity contribution is 0.0899. The first kappa shape index (κ1) is 7.21. The van der Waals surface area contributed by atoms with Gasteiger partial charge >= 0.3 is 0 Å². The van der Waals surface area contributed by atoms with E-state index in [2.05, 4.69) is 4.98 Å². The van der Waals surface area contributed by atoms with Crippen molar-refractivity contribution >= 4 is 5.78 Å². The van der Waals surface area contributed by atoms with E-state index in [1.54, 1.807) is 0 Å². The van der Waals surface area contributed by atoms with Crippen molar-refractivity contribution in [2.45, 2.75) is 12.6 Å². The molecule has 4 heteroatoms. The SMILES string of the molecule is O=C1c2cncc(O)c2CC1F. The number of Topliss-reactive ketones (excluding diaryl/α,β-unsaturated/α-hetero) is 1. The summed E-state index contributed by atoms with van der Waals surface area (Å²) >= 11 is 0. The number of carbonyl (C=O) groups excluding carboxylic acids is 1. The van der Waals surface area contributed by atoms with Crippen LogP contribution in [-0.2, 0) is 6.42 Å². The molecule has 12 heavy (non-hydrogen) atoms. The molecule has 1 unspecified atom stereocenters. The minimum Gasteiger partial charge on any atom is -0.506 e. The molecule has 0 fully saturated rings. The maximum atomic E-state index is 12.8. The van der Waals surface area contributed by atoms with Crippen molar-refractivity contribution in [3.05, 3.63) is 23.5 Å². The zero-order chi connectivity index (χ0) is 8.72. The van der Waals surface area contributed by atoms with Gasteiger partial charge in [0.25, 0.3) is 0 Å². The van der Waals surface area contributed by atoms with E-state index in [0.29, 0.717) is 5.56 Å². The minimum absolute atomic E-state index is 0.0253. The molecule has 0 aliphatic heterocycles. The molecule has 1 aromatic heterocycles. The van der Waals surface area contributed by atoms with Crippen LogP contribution < -0.4 is 0 Å². The van der Waals surface area contributed by atoms with E-state index in [1.165, 1.54) is 12.4 Å². The van der Waals surface area contributed by atoms with Gasteiger partial charge in [-0.2, -0.15) is 0 Å². The van der Waals surface area contributed by atoms with Crippen molar-refractivity contribution in [1.82, 2.24) is 4.98 Å². The van der Waals surface area contributed by atoms with Crippen molar-refractivity contribution in [2.24, 2.45) is 0 Å². The molecule has 0 spiro atoms. The summed E-state index contributed by atoms with van der Waals surface area (Å²) in [7, 11) is 0. The molecule has 62 valence electrons. The number of hydrogen-bond acceptors (Lipinski definition) is 3. The number of nitrogens with zero attached hydrogens (tertiary/aromatic N) is 1. The maximum Gasteiger partial charge on any atom is 0.199 e. The first-order valence-corrected chi connectivity index (χ1v) is 3.54. The van der Waals surface area contributed by atoms with E-state index in [9.17, 15) is 14.3 Å². The van der Waals surface area contributed by atoms with E-state index >= 15 is 0 Å². The number of halogens is 1. The number of alkyl halides is 1. The number of aromatic nitrogens is 1. The van der Waals surface area contributed by atoms with Gasteiger partial charge in [0.05, 0.1) is 6.20 Å². The molecule has 0 aromatic carbocycles. The van der Waals surface area contributed by atoms with Crippen molar-refractivity contribution in [3.8, 4) is 5.75 Å². The molecular weight excluding hydrogens is 161 g/mol. The molecule has 0 radical (unpaired) electrons. The minimum atomic E-state index is -1.50. The quantitative estimate of drug-likeness (QED) is 0.623. The Morgan fingerprint density at radius 3 is 3.00 bits per heavy atom. The number of rotatable bonds is 0. The molecule has 1 aliphatic rings. The second-order valence-electron chi connectivity index (χ2n) is 2.72. The number of hydrogen-bond donors (Lipinski definition) is 1. The first-order valence-electron chi connectivity index (χ1n) is 3.54. The third-order valence-electron chi connectivity index (χ3n) is 1.97. The Balaban J connectivity index is 2.61. The number of aromatic hydroxyl groups is 1. The van der Waals surface area contributed by atoms with Crippen LogP contribution in [0.5, 0.6) is 5.75 Å². The molecule has 0 amide bonds. The zero-order valence-corrected chi connectivity index (χ0v) is 6.12. The average Bonchev–Trinajstić information content (AvgIpc) is 2.32. The summed E-state index contributed by atoms with van der Waals surface area (Å²) in [6, 6.07) is 0. The number of fused-ring (bicyclic) bond motifs is 1. The summed E-state index contributed by atoms with van der Waals surface area (Å²) in [6.45, 7) is 0. The van der Waals surface area contributed by atoms with Crippen LogP contribution in [0.15, 0.2) is 12.4 Å². The normalized spacial score (nSPS) is 21.1. The number of ketones is 1. The van der Waals surface area contributed by atoms with Crippen molar-refractivity contribution in [3.63, 3.8) is 0 Å². The summed E-state index contributed by atoms with van der Waals surface area (Å²) in [5.41, 5.74) is 0.588. The van der Waals surface area contributed by atoms with Gasteiger partial charge in [0.2, 0.25) is 0 Å². The summed E-state index contributed by atoms with van der Waals surface area (Å²) < 4.78 is 12.8. The highest BCUT2D eigenvalue weighted by Gasteiger charge is 2.32. The summed E-state index contributed by atoms with van der Waals surface area (Å²) in [5, 5.41) is 9.19. The molecule has 1 aliphatic carbocycles. The molecule has 0 saturated heterocycles. The molecule has 3 nitrogen and oxygen atoms in total. The van der Waals surface area contributed by atoms with E-state index in [-0.39, 0.29) is 17.7 Å². The standard InChI is InChI=1S/C8H6FNO2/c9-6-1-4-5(8(6)12)2-10-3-7(4)11/h2-3,6,11H,1H2. The van der Waals surface area contributed by atoms with Crippen LogP contribution in [0.25, 0.3) is 0 Å². The van der Waals surface area contributed by atoms with Gasteiger partial charge in [0.15, 0.2) is 12.0 Å². The van der Waals surface area contributed by atoms with Gasteiger partial charge in [-0.1, -0.05) is 0 Å². The van der Waals surface area contributed by atoms with Gasteiger partial charge in [-0.15, -0.1) is 0 Å². The summed E-state index contributed by atoms with van der Waals surface area (Å²) in [6.07, 6.45) is 0.971. The fraction of sp³-hybridized carbons (Fsp3) is 0.250. The summed E-state index contributed by atoms with van der Waals surface area (Å²) in [5.74, 6) is -0.672. The third kappa shape index (κ3) is 0.809. The van der Waals surface area contributed by atoms with E-state index in [1.807, 2.05) is 0 Å². The average molecular weight is 167 g/mol. The van der Waals surface area contributed by atoms with Crippen molar-refractivity contribution in [1.29, 1.82) is 0 Å².